The summed E-state index contributed by atoms with van der Waals surface area (Å²) in [5.74, 6) is -0.239. The minimum Gasteiger partial charge on any atom is -0.465 e. The van der Waals surface area contributed by atoms with Gasteiger partial charge < -0.3 is 10.0 Å². The molecule has 1 amide bonds. The molecule has 0 spiro atoms. The third-order valence-electron chi connectivity index (χ3n) is 3.93. The van der Waals surface area contributed by atoms with E-state index >= 15 is 0 Å². The third-order valence-corrected chi connectivity index (χ3v) is 3.93. The number of carbonyl (C=O) groups is 1. The van der Waals surface area contributed by atoms with Crippen LogP contribution in [0.15, 0.2) is 36.9 Å². The van der Waals surface area contributed by atoms with Crippen LogP contribution in [0, 0.1) is 11.2 Å². The van der Waals surface area contributed by atoms with Crippen molar-refractivity contribution >= 4 is 6.09 Å². The standard InChI is InChI=1S/C15H18FNO2/c1-2-15(7-9-17(10-8-15)14(18)19)11-12-3-5-13(16)6-4-12/h2-6H,1,7-11H2,(H,18,19). The normalized spacial score (nSPS) is 18.1. The molecule has 0 bridgehead atoms. The fraction of sp³-hybridized carbons (Fsp3) is 0.400. The lowest BCUT2D eigenvalue weighted by molar-refractivity contribution is 0.108. The number of halogens is 1. The van der Waals surface area contributed by atoms with Gasteiger partial charge in [0.1, 0.15) is 5.82 Å². The Morgan fingerprint density at radius 1 is 1.37 bits per heavy atom. The molecule has 0 aliphatic carbocycles. The van der Waals surface area contributed by atoms with Gasteiger partial charge in [-0.15, -0.1) is 6.58 Å². The Balaban J connectivity index is 2.06. The maximum atomic E-state index is 12.9. The van der Waals surface area contributed by atoms with Crippen molar-refractivity contribution in [2.45, 2.75) is 19.3 Å². The molecule has 1 heterocycles. The predicted octanol–water partition coefficient (Wildman–Crippen LogP) is 3.31. The number of likely N-dealkylation sites (tertiary alicyclic amines) is 1. The Bertz CT molecular complexity index is 462. The first-order valence-electron chi connectivity index (χ1n) is 6.41. The van der Waals surface area contributed by atoms with Crippen LogP contribution < -0.4 is 0 Å². The molecule has 1 N–H and O–H groups in total. The molecule has 102 valence electrons. The summed E-state index contributed by atoms with van der Waals surface area (Å²) in [6, 6.07) is 6.48. The second-order valence-electron chi connectivity index (χ2n) is 5.14. The molecule has 1 aromatic carbocycles. The Morgan fingerprint density at radius 2 is 1.95 bits per heavy atom. The number of piperidine rings is 1. The van der Waals surface area contributed by atoms with Crippen LogP contribution in [0.1, 0.15) is 18.4 Å². The molecule has 1 aliphatic rings. The first-order valence-corrected chi connectivity index (χ1v) is 6.41. The van der Waals surface area contributed by atoms with Crippen molar-refractivity contribution < 1.29 is 14.3 Å². The molecule has 0 unspecified atom stereocenters. The van der Waals surface area contributed by atoms with E-state index in [1.54, 1.807) is 12.1 Å². The molecule has 0 aromatic heterocycles. The number of hydrogen-bond donors (Lipinski definition) is 1. The van der Waals surface area contributed by atoms with Crippen molar-refractivity contribution in [1.29, 1.82) is 0 Å². The van der Waals surface area contributed by atoms with Crippen LogP contribution in [0.5, 0.6) is 0 Å². The first-order chi connectivity index (χ1) is 9.04. The fourth-order valence-electron chi connectivity index (χ4n) is 2.61. The average molecular weight is 263 g/mol. The summed E-state index contributed by atoms with van der Waals surface area (Å²) in [5, 5.41) is 8.96. The van der Waals surface area contributed by atoms with Gasteiger partial charge in [-0.3, -0.25) is 0 Å². The van der Waals surface area contributed by atoms with Crippen molar-refractivity contribution in [2.75, 3.05) is 13.1 Å². The quantitative estimate of drug-likeness (QED) is 0.850. The van der Waals surface area contributed by atoms with Crippen LogP contribution in [0.3, 0.4) is 0 Å². The molecule has 1 aromatic rings. The molecule has 0 atom stereocenters. The topological polar surface area (TPSA) is 40.5 Å². The zero-order valence-corrected chi connectivity index (χ0v) is 10.8. The van der Waals surface area contributed by atoms with E-state index in [0.717, 1.165) is 24.8 Å². The molecule has 19 heavy (non-hydrogen) atoms. The molecular formula is C15H18FNO2. The van der Waals surface area contributed by atoms with Crippen molar-refractivity contribution in [3.8, 4) is 0 Å². The summed E-state index contributed by atoms with van der Waals surface area (Å²) in [4.78, 5) is 12.3. The van der Waals surface area contributed by atoms with Gasteiger partial charge in [-0.25, -0.2) is 9.18 Å². The SMILES string of the molecule is C=CC1(Cc2ccc(F)cc2)CCN(C(=O)O)CC1. The Hall–Kier alpha value is -1.84. The van der Waals surface area contributed by atoms with E-state index in [0.29, 0.717) is 13.1 Å². The van der Waals surface area contributed by atoms with Crippen molar-refractivity contribution in [3.63, 3.8) is 0 Å². The summed E-state index contributed by atoms with van der Waals surface area (Å²) in [6.45, 7) is 4.96. The van der Waals surface area contributed by atoms with Crippen LogP contribution in [0.2, 0.25) is 0 Å². The number of benzene rings is 1. The number of amides is 1. The second kappa shape index (κ2) is 5.43. The monoisotopic (exact) mass is 263 g/mol. The van der Waals surface area contributed by atoms with Gasteiger partial charge in [-0.2, -0.15) is 0 Å². The molecule has 3 nitrogen and oxygen atoms in total. The second-order valence-corrected chi connectivity index (χ2v) is 5.14. The van der Waals surface area contributed by atoms with Crippen molar-refractivity contribution in [3.05, 3.63) is 48.3 Å². The summed E-state index contributed by atoms with van der Waals surface area (Å²) in [7, 11) is 0. The number of carboxylic acid groups (broad SMARTS) is 1. The highest BCUT2D eigenvalue weighted by molar-refractivity contribution is 5.65. The largest absolute Gasteiger partial charge is 0.465 e. The van der Waals surface area contributed by atoms with Crippen LogP contribution in [0.25, 0.3) is 0 Å². The van der Waals surface area contributed by atoms with Crippen LogP contribution in [-0.2, 0) is 6.42 Å². The lowest BCUT2D eigenvalue weighted by Crippen LogP contribution is -2.42. The zero-order chi connectivity index (χ0) is 13.9. The van der Waals surface area contributed by atoms with Gasteiger partial charge in [0.2, 0.25) is 0 Å². The zero-order valence-electron chi connectivity index (χ0n) is 10.8. The molecule has 1 fully saturated rings. The van der Waals surface area contributed by atoms with Crippen molar-refractivity contribution in [2.24, 2.45) is 5.41 Å². The molecule has 1 saturated heterocycles. The van der Waals surface area contributed by atoms with Gasteiger partial charge in [-0.05, 0) is 42.4 Å². The highest BCUT2D eigenvalue weighted by Gasteiger charge is 2.33. The lowest BCUT2D eigenvalue weighted by atomic mass is 9.74. The maximum Gasteiger partial charge on any atom is 0.407 e. The molecule has 4 heteroatoms. The van der Waals surface area contributed by atoms with Crippen LogP contribution in [0.4, 0.5) is 9.18 Å². The van der Waals surface area contributed by atoms with E-state index in [2.05, 4.69) is 6.58 Å². The van der Waals surface area contributed by atoms with Gasteiger partial charge in [0.05, 0.1) is 0 Å². The molecule has 0 radical (unpaired) electrons. The Labute approximate surface area is 112 Å². The molecule has 2 rings (SSSR count). The number of nitrogens with zero attached hydrogens (tertiary/aromatic N) is 1. The van der Waals surface area contributed by atoms with Crippen LogP contribution in [-0.4, -0.2) is 29.2 Å². The Morgan fingerprint density at radius 3 is 2.42 bits per heavy atom. The third kappa shape index (κ3) is 3.13. The number of rotatable bonds is 3. The molecular weight excluding hydrogens is 245 g/mol. The van der Waals surface area contributed by atoms with E-state index < -0.39 is 6.09 Å². The highest BCUT2D eigenvalue weighted by Crippen LogP contribution is 2.36. The van der Waals surface area contributed by atoms with E-state index in [9.17, 15) is 9.18 Å². The fourth-order valence-corrected chi connectivity index (χ4v) is 2.61. The van der Waals surface area contributed by atoms with E-state index in [-0.39, 0.29) is 11.2 Å². The van der Waals surface area contributed by atoms with E-state index in [1.807, 2.05) is 6.08 Å². The minimum absolute atomic E-state index is 0.0796. The van der Waals surface area contributed by atoms with Crippen LogP contribution >= 0.6 is 0 Å². The van der Waals surface area contributed by atoms with Gasteiger partial charge in [0.15, 0.2) is 0 Å². The Kier molecular flexibility index (Phi) is 3.88. The van der Waals surface area contributed by atoms with Gasteiger partial charge >= 0.3 is 6.09 Å². The first kappa shape index (κ1) is 13.6. The molecule has 1 aliphatic heterocycles. The maximum absolute atomic E-state index is 12.9. The van der Waals surface area contributed by atoms with Gasteiger partial charge in [0, 0.05) is 13.1 Å². The highest BCUT2D eigenvalue weighted by atomic mass is 19.1. The minimum atomic E-state index is -0.862. The summed E-state index contributed by atoms with van der Waals surface area (Å²) in [6.07, 6.45) is 3.37. The summed E-state index contributed by atoms with van der Waals surface area (Å²) < 4.78 is 12.9. The van der Waals surface area contributed by atoms with Gasteiger partial charge in [-0.1, -0.05) is 18.2 Å². The summed E-state index contributed by atoms with van der Waals surface area (Å²) in [5.41, 5.74) is 0.981. The number of hydrogen-bond acceptors (Lipinski definition) is 1. The summed E-state index contributed by atoms with van der Waals surface area (Å²) >= 11 is 0. The smallest absolute Gasteiger partial charge is 0.407 e. The predicted molar refractivity (Wildman–Crippen MR) is 71.6 cm³/mol. The van der Waals surface area contributed by atoms with Crippen molar-refractivity contribution in [1.82, 2.24) is 4.90 Å². The van der Waals surface area contributed by atoms with E-state index in [1.165, 1.54) is 17.0 Å². The lowest BCUT2D eigenvalue weighted by Gasteiger charge is -2.39. The molecule has 0 saturated carbocycles. The average Bonchev–Trinajstić information content (AvgIpc) is 2.42. The number of allylic oxidation sites excluding steroid dienone is 1. The van der Waals surface area contributed by atoms with E-state index in [4.69, 9.17) is 5.11 Å². The van der Waals surface area contributed by atoms with Gasteiger partial charge in [0.25, 0.3) is 0 Å².